The standard InChI is InChI=1S/C15H21BrN2O/c1-11-4-5-13(14(16)10-11)15(19)18-8-6-12(7-9-18)17(2)3/h4-5,10,12H,6-9H2,1-3H3. The molecule has 1 fully saturated rings. The number of carbonyl (C=O) groups excluding carboxylic acids is 1. The fourth-order valence-corrected chi connectivity index (χ4v) is 3.21. The van der Waals surface area contributed by atoms with Gasteiger partial charge in [0.15, 0.2) is 0 Å². The van der Waals surface area contributed by atoms with Gasteiger partial charge in [0.25, 0.3) is 5.91 Å². The van der Waals surface area contributed by atoms with Gasteiger partial charge in [0.05, 0.1) is 5.56 Å². The monoisotopic (exact) mass is 324 g/mol. The molecule has 0 N–H and O–H groups in total. The number of amides is 1. The van der Waals surface area contributed by atoms with Gasteiger partial charge in [-0.1, -0.05) is 6.07 Å². The van der Waals surface area contributed by atoms with Gasteiger partial charge in [-0.2, -0.15) is 0 Å². The van der Waals surface area contributed by atoms with Crippen LogP contribution >= 0.6 is 15.9 Å². The van der Waals surface area contributed by atoms with E-state index in [0.717, 1.165) is 41.5 Å². The van der Waals surface area contributed by atoms with Crippen LogP contribution in [0.4, 0.5) is 0 Å². The first-order valence-electron chi connectivity index (χ1n) is 6.71. The normalized spacial score (nSPS) is 17.0. The predicted molar refractivity (Wildman–Crippen MR) is 81.5 cm³/mol. The van der Waals surface area contributed by atoms with Crippen LogP contribution in [0, 0.1) is 6.92 Å². The highest BCUT2D eigenvalue weighted by Gasteiger charge is 2.25. The molecule has 0 unspecified atom stereocenters. The lowest BCUT2D eigenvalue weighted by atomic mass is 10.0. The Balaban J connectivity index is 2.05. The second-order valence-corrected chi connectivity index (χ2v) is 6.32. The van der Waals surface area contributed by atoms with Crippen molar-refractivity contribution in [2.45, 2.75) is 25.8 Å². The maximum Gasteiger partial charge on any atom is 0.254 e. The molecule has 1 heterocycles. The maximum absolute atomic E-state index is 12.5. The summed E-state index contributed by atoms with van der Waals surface area (Å²) in [4.78, 5) is 16.7. The van der Waals surface area contributed by atoms with Crippen molar-refractivity contribution in [3.05, 3.63) is 33.8 Å². The lowest BCUT2D eigenvalue weighted by molar-refractivity contribution is 0.0662. The lowest BCUT2D eigenvalue weighted by Crippen LogP contribution is -2.44. The van der Waals surface area contributed by atoms with Crippen LogP contribution in [0.25, 0.3) is 0 Å². The Labute approximate surface area is 123 Å². The summed E-state index contributed by atoms with van der Waals surface area (Å²) in [6.07, 6.45) is 2.12. The van der Waals surface area contributed by atoms with Crippen molar-refractivity contribution in [1.82, 2.24) is 9.80 Å². The molecule has 0 bridgehead atoms. The number of aryl methyl sites for hydroxylation is 1. The zero-order chi connectivity index (χ0) is 14.0. The molecule has 0 saturated carbocycles. The quantitative estimate of drug-likeness (QED) is 0.835. The number of likely N-dealkylation sites (tertiary alicyclic amines) is 1. The lowest BCUT2D eigenvalue weighted by Gasteiger charge is -2.35. The molecule has 1 saturated heterocycles. The molecule has 0 aliphatic carbocycles. The first-order valence-corrected chi connectivity index (χ1v) is 7.50. The average molecular weight is 325 g/mol. The molecular weight excluding hydrogens is 304 g/mol. The van der Waals surface area contributed by atoms with Crippen LogP contribution in [0.15, 0.2) is 22.7 Å². The van der Waals surface area contributed by atoms with E-state index < -0.39 is 0 Å². The fourth-order valence-electron chi connectivity index (χ4n) is 2.55. The number of halogens is 1. The summed E-state index contributed by atoms with van der Waals surface area (Å²) in [6, 6.07) is 6.51. The van der Waals surface area contributed by atoms with Crippen molar-refractivity contribution in [3.63, 3.8) is 0 Å². The van der Waals surface area contributed by atoms with Gasteiger partial charge in [-0.05, 0) is 67.5 Å². The SMILES string of the molecule is Cc1ccc(C(=O)N2CCC(N(C)C)CC2)c(Br)c1. The van der Waals surface area contributed by atoms with E-state index in [1.54, 1.807) is 0 Å². The van der Waals surface area contributed by atoms with Gasteiger partial charge in [-0.15, -0.1) is 0 Å². The highest BCUT2D eigenvalue weighted by atomic mass is 79.9. The Bertz CT molecular complexity index is 465. The van der Waals surface area contributed by atoms with E-state index in [1.807, 2.05) is 30.0 Å². The third-order valence-corrected chi connectivity index (χ3v) is 4.49. The van der Waals surface area contributed by atoms with Crippen molar-refractivity contribution in [2.24, 2.45) is 0 Å². The van der Waals surface area contributed by atoms with Gasteiger partial charge >= 0.3 is 0 Å². The van der Waals surface area contributed by atoms with Gasteiger partial charge in [0, 0.05) is 23.6 Å². The molecule has 0 aromatic heterocycles. The van der Waals surface area contributed by atoms with Crippen molar-refractivity contribution < 1.29 is 4.79 Å². The minimum Gasteiger partial charge on any atom is -0.338 e. The Kier molecular flexibility index (Phi) is 4.63. The molecule has 0 radical (unpaired) electrons. The summed E-state index contributed by atoms with van der Waals surface area (Å²) in [6.45, 7) is 3.73. The van der Waals surface area contributed by atoms with Crippen LogP contribution in [0.5, 0.6) is 0 Å². The minimum atomic E-state index is 0.143. The van der Waals surface area contributed by atoms with E-state index in [1.165, 1.54) is 0 Å². The molecule has 1 amide bonds. The molecule has 3 nitrogen and oxygen atoms in total. The molecule has 1 aliphatic heterocycles. The summed E-state index contributed by atoms with van der Waals surface area (Å²) < 4.78 is 0.896. The Morgan fingerprint density at radius 1 is 1.32 bits per heavy atom. The van der Waals surface area contributed by atoms with Crippen LogP contribution in [0.1, 0.15) is 28.8 Å². The van der Waals surface area contributed by atoms with E-state index >= 15 is 0 Å². The number of rotatable bonds is 2. The molecular formula is C15H21BrN2O. The smallest absolute Gasteiger partial charge is 0.254 e. The average Bonchev–Trinajstić information content (AvgIpc) is 2.38. The maximum atomic E-state index is 12.5. The molecule has 0 atom stereocenters. The zero-order valence-electron chi connectivity index (χ0n) is 11.8. The number of carbonyl (C=O) groups is 1. The molecule has 104 valence electrons. The molecule has 19 heavy (non-hydrogen) atoms. The number of hydrogen-bond acceptors (Lipinski definition) is 2. The molecule has 0 spiro atoms. The third-order valence-electron chi connectivity index (χ3n) is 3.84. The van der Waals surface area contributed by atoms with Crippen LogP contribution in [0.2, 0.25) is 0 Å². The topological polar surface area (TPSA) is 23.6 Å². The first kappa shape index (κ1) is 14.5. The summed E-state index contributed by atoms with van der Waals surface area (Å²) in [5, 5.41) is 0. The Morgan fingerprint density at radius 2 is 1.95 bits per heavy atom. The first-order chi connectivity index (χ1) is 8.99. The van der Waals surface area contributed by atoms with Gasteiger partial charge in [0.2, 0.25) is 0 Å². The van der Waals surface area contributed by atoms with Crippen molar-refractivity contribution in [2.75, 3.05) is 27.2 Å². The van der Waals surface area contributed by atoms with E-state index in [0.29, 0.717) is 6.04 Å². The van der Waals surface area contributed by atoms with Crippen LogP contribution < -0.4 is 0 Å². The van der Waals surface area contributed by atoms with E-state index in [4.69, 9.17) is 0 Å². The van der Waals surface area contributed by atoms with Gasteiger partial charge in [0.1, 0.15) is 0 Å². The van der Waals surface area contributed by atoms with E-state index in [-0.39, 0.29) is 5.91 Å². The summed E-state index contributed by atoms with van der Waals surface area (Å²) in [5.41, 5.74) is 1.93. The van der Waals surface area contributed by atoms with Crippen molar-refractivity contribution >= 4 is 21.8 Å². The largest absolute Gasteiger partial charge is 0.338 e. The highest BCUT2D eigenvalue weighted by Crippen LogP contribution is 2.22. The zero-order valence-corrected chi connectivity index (χ0v) is 13.4. The van der Waals surface area contributed by atoms with E-state index in [2.05, 4.69) is 34.9 Å². The summed E-state index contributed by atoms with van der Waals surface area (Å²) in [5.74, 6) is 0.143. The van der Waals surface area contributed by atoms with Crippen LogP contribution in [0.3, 0.4) is 0 Å². The molecule has 1 aliphatic rings. The van der Waals surface area contributed by atoms with Gasteiger partial charge in [-0.3, -0.25) is 4.79 Å². The van der Waals surface area contributed by atoms with Crippen molar-refractivity contribution in [1.29, 1.82) is 0 Å². The molecule has 4 heteroatoms. The number of hydrogen-bond donors (Lipinski definition) is 0. The predicted octanol–water partition coefficient (Wildman–Crippen LogP) is 2.92. The van der Waals surface area contributed by atoms with Crippen LogP contribution in [-0.4, -0.2) is 48.9 Å². The van der Waals surface area contributed by atoms with Crippen LogP contribution in [-0.2, 0) is 0 Å². The Hall–Kier alpha value is -0.870. The number of nitrogens with zero attached hydrogens (tertiary/aromatic N) is 2. The second-order valence-electron chi connectivity index (χ2n) is 5.47. The van der Waals surface area contributed by atoms with Gasteiger partial charge < -0.3 is 9.80 Å². The highest BCUT2D eigenvalue weighted by molar-refractivity contribution is 9.10. The van der Waals surface area contributed by atoms with Crippen molar-refractivity contribution in [3.8, 4) is 0 Å². The minimum absolute atomic E-state index is 0.143. The summed E-state index contributed by atoms with van der Waals surface area (Å²) in [7, 11) is 4.22. The second kappa shape index (κ2) is 6.06. The Morgan fingerprint density at radius 3 is 2.47 bits per heavy atom. The fraction of sp³-hybridized carbons (Fsp3) is 0.533. The van der Waals surface area contributed by atoms with Gasteiger partial charge in [-0.25, -0.2) is 0 Å². The number of benzene rings is 1. The molecule has 1 aromatic rings. The third kappa shape index (κ3) is 3.37. The summed E-state index contributed by atoms with van der Waals surface area (Å²) >= 11 is 3.49. The number of piperidine rings is 1. The molecule has 2 rings (SSSR count). The van der Waals surface area contributed by atoms with E-state index in [9.17, 15) is 4.79 Å². The molecule has 1 aromatic carbocycles.